The number of rotatable bonds is 2. The molecule has 154 valence electrons. The van der Waals surface area contributed by atoms with Crippen LogP contribution in [0.2, 0.25) is 0 Å². The summed E-state index contributed by atoms with van der Waals surface area (Å²) in [4.78, 5) is 18.6. The summed E-state index contributed by atoms with van der Waals surface area (Å²) >= 11 is 0. The molecular weight excluding hydrogens is 374 g/mol. The van der Waals surface area contributed by atoms with E-state index >= 15 is 0 Å². The summed E-state index contributed by atoms with van der Waals surface area (Å²) < 4.78 is 5.93. The second-order valence-corrected chi connectivity index (χ2v) is 8.85. The van der Waals surface area contributed by atoms with E-state index in [-0.39, 0.29) is 5.78 Å². The molecule has 6 rings (SSSR count). The van der Waals surface area contributed by atoms with Gasteiger partial charge in [-0.25, -0.2) is 0 Å². The molecule has 0 atom stereocenters. The number of aromatic nitrogens is 1. The molecule has 0 amide bonds. The SMILES string of the molecule is O=C1c2ccccc2-c2onc3c(N4CCCCCC4)cc(N4CCCCC4)c1c23. The van der Waals surface area contributed by atoms with Crippen LogP contribution < -0.4 is 9.80 Å². The Bertz CT molecular complexity index is 1120. The van der Waals surface area contributed by atoms with Crippen molar-refractivity contribution in [1.82, 2.24) is 5.16 Å². The normalized spacial score (nSPS) is 19.1. The topological polar surface area (TPSA) is 49.6 Å². The van der Waals surface area contributed by atoms with Crippen molar-refractivity contribution in [2.75, 3.05) is 36.0 Å². The smallest absolute Gasteiger partial charge is 0.196 e. The lowest BCUT2D eigenvalue weighted by molar-refractivity contribution is 0.104. The Morgan fingerprint density at radius 2 is 1.37 bits per heavy atom. The predicted molar refractivity (Wildman–Crippen MR) is 120 cm³/mol. The molecule has 3 aliphatic rings. The third-order valence-electron chi connectivity index (χ3n) is 7.00. The van der Waals surface area contributed by atoms with Crippen LogP contribution in [0.25, 0.3) is 22.2 Å². The number of carbonyl (C=O) groups excluding carboxylic acids is 1. The first-order valence-corrected chi connectivity index (χ1v) is 11.4. The van der Waals surface area contributed by atoms with Gasteiger partial charge in [-0.2, -0.15) is 0 Å². The second-order valence-electron chi connectivity index (χ2n) is 8.85. The minimum Gasteiger partial charge on any atom is -0.371 e. The van der Waals surface area contributed by atoms with Crippen LogP contribution in [0.5, 0.6) is 0 Å². The Hall–Kier alpha value is -2.82. The molecule has 3 heterocycles. The fourth-order valence-corrected chi connectivity index (χ4v) is 5.46. The highest BCUT2D eigenvalue weighted by Gasteiger charge is 2.35. The van der Waals surface area contributed by atoms with Gasteiger partial charge in [0.05, 0.1) is 22.3 Å². The summed E-state index contributed by atoms with van der Waals surface area (Å²) in [6, 6.07) is 10.0. The Morgan fingerprint density at radius 3 is 2.07 bits per heavy atom. The maximum atomic E-state index is 13.7. The molecule has 0 radical (unpaired) electrons. The number of nitrogens with zero attached hydrogens (tertiary/aromatic N) is 3. The number of hydrogen-bond acceptors (Lipinski definition) is 5. The summed E-state index contributed by atoms with van der Waals surface area (Å²) in [6.07, 6.45) is 8.60. The van der Waals surface area contributed by atoms with E-state index in [1.165, 1.54) is 44.9 Å². The number of benzene rings is 2. The number of hydrogen-bond donors (Lipinski definition) is 0. The predicted octanol–water partition coefficient (Wildman–Crippen LogP) is 5.41. The number of carbonyl (C=O) groups is 1. The second kappa shape index (κ2) is 7.15. The van der Waals surface area contributed by atoms with Crippen LogP contribution in [0.15, 0.2) is 34.9 Å². The molecular formula is C25H27N3O2. The molecule has 30 heavy (non-hydrogen) atoms. The molecule has 2 aromatic carbocycles. The van der Waals surface area contributed by atoms with Gasteiger partial charge in [0.2, 0.25) is 0 Å². The maximum absolute atomic E-state index is 13.7. The Morgan fingerprint density at radius 1 is 0.767 bits per heavy atom. The molecule has 5 nitrogen and oxygen atoms in total. The third kappa shape index (κ3) is 2.68. The van der Waals surface area contributed by atoms with Crippen molar-refractivity contribution in [2.24, 2.45) is 0 Å². The first-order valence-electron chi connectivity index (χ1n) is 11.4. The van der Waals surface area contributed by atoms with Gasteiger partial charge in [0.15, 0.2) is 11.5 Å². The monoisotopic (exact) mass is 401 g/mol. The fourth-order valence-electron chi connectivity index (χ4n) is 5.46. The van der Waals surface area contributed by atoms with Crippen LogP contribution in [0.4, 0.5) is 11.4 Å². The highest BCUT2D eigenvalue weighted by Crippen LogP contribution is 2.47. The van der Waals surface area contributed by atoms with E-state index in [4.69, 9.17) is 4.52 Å². The molecule has 2 saturated heterocycles. The average Bonchev–Trinajstić information content (AvgIpc) is 3.06. The molecule has 1 aromatic heterocycles. The largest absolute Gasteiger partial charge is 0.371 e. The lowest BCUT2D eigenvalue weighted by Crippen LogP contribution is -2.32. The van der Waals surface area contributed by atoms with Crippen molar-refractivity contribution in [3.05, 3.63) is 41.5 Å². The zero-order valence-electron chi connectivity index (χ0n) is 17.3. The average molecular weight is 402 g/mol. The summed E-state index contributed by atoms with van der Waals surface area (Å²) in [6.45, 7) is 4.10. The number of piperidine rings is 1. The van der Waals surface area contributed by atoms with E-state index in [2.05, 4.69) is 21.0 Å². The lowest BCUT2D eigenvalue weighted by Gasteiger charge is -2.33. The number of ketones is 1. The highest BCUT2D eigenvalue weighted by molar-refractivity contribution is 6.28. The zero-order valence-corrected chi connectivity index (χ0v) is 17.3. The quantitative estimate of drug-likeness (QED) is 0.449. The van der Waals surface area contributed by atoms with E-state index in [1.54, 1.807) is 0 Å². The Balaban J connectivity index is 1.63. The van der Waals surface area contributed by atoms with Crippen molar-refractivity contribution < 1.29 is 9.32 Å². The number of anilines is 2. The molecule has 1 aliphatic carbocycles. The molecule has 0 spiro atoms. The van der Waals surface area contributed by atoms with Crippen molar-refractivity contribution in [3.63, 3.8) is 0 Å². The molecule has 5 heteroatoms. The highest BCUT2D eigenvalue weighted by atomic mass is 16.5. The van der Waals surface area contributed by atoms with Gasteiger partial charge in [-0.05, 0) is 38.2 Å². The van der Waals surface area contributed by atoms with Crippen LogP contribution in [0, 0.1) is 0 Å². The third-order valence-corrected chi connectivity index (χ3v) is 7.00. The zero-order chi connectivity index (χ0) is 20.1. The van der Waals surface area contributed by atoms with Crippen LogP contribution >= 0.6 is 0 Å². The summed E-state index contributed by atoms with van der Waals surface area (Å²) in [5, 5.41) is 5.45. The summed E-state index contributed by atoms with van der Waals surface area (Å²) in [5.41, 5.74) is 5.45. The lowest BCUT2D eigenvalue weighted by atomic mass is 9.86. The van der Waals surface area contributed by atoms with Crippen molar-refractivity contribution >= 4 is 28.1 Å². The van der Waals surface area contributed by atoms with E-state index in [0.717, 1.165) is 70.9 Å². The van der Waals surface area contributed by atoms with Crippen molar-refractivity contribution in [2.45, 2.75) is 44.9 Å². The van der Waals surface area contributed by atoms with Gasteiger partial charge in [-0.15, -0.1) is 0 Å². The van der Waals surface area contributed by atoms with E-state index in [0.29, 0.717) is 0 Å². The Labute approximate surface area is 176 Å². The van der Waals surface area contributed by atoms with Gasteiger partial charge in [-0.1, -0.05) is 42.3 Å². The summed E-state index contributed by atoms with van der Waals surface area (Å²) in [7, 11) is 0. The molecule has 0 saturated carbocycles. The van der Waals surface area contributed by atoms with Crippen LogP contribution in [-0.2, 0) is 0 Å². The van der Waals surface area contributed by atoms with Crippen LogP contribution in [0.1, 0.15) is 60.9 Å². The number of fused-ring (bicyclic) bond motifs is 2. The standard InChI is InChI=1S/C25H27N3O2/c29-24-17-10-4-5-11-18(17)25-22-21(24)19(27-12-8-3-9-13-27)16-20(23(22)26-30-25)28-14-6-1-2-7-15-28/h4-5,10-11,16H,1-3,6-9,12-15H2. The first kappa shape index (κ1) is 18.0. The van der Waals surface area contributed by atoms with Crippen molar-refractivity contribution in [3.8, 4) is 11.3 Å². The molecule has 3 aromatic rings. The molecule has 0 unspecified atom stereocenters. The van der Waals surface area contributed by atoms with Gasteiger partial charge in [0.1, 0.15) is 5.52 Å². The van der Waals surface area contributed by atoms with Gasteiger partial charge < -0.3 is 14.3 Å². The minimum absolute atomic E-state index is 0.106. The van der Waals surface area contributed by atoms with Gasteiger partial charge in [-0.3, -0.25) is 4.79 Å². The molecule has 2 aliphatic heterocycles. The summed E-state index contributed by atoms with van der Waals surface area (Å²) in [5.74, 6) is 0.861. The minimum atomic E-state index is 0.106. The Kier molecular flexibility index (Phi) is 4.29. The van der Waals surface area contributed by atoms with Crippen LogP contribution in [-0.4, -0.2) is 37.1 Å². The van der Waals surface area contributed by atoms with Crippen molar-refractivity contribution in [1.29, 1.82) is 0 Å². The van der Waals surface area contributed by atoms with Crippen LogP contribution in [0.3, 0.4) is 0 Å². The van der Waals surface area contributed by atoms with Gasteiger partial charge in [0, 0.05) is 37.3 Å². The molecule has 0 bridgehead atoms. The fraction of sp³-hybridized carbons (Fsp3) is 0.440. The van der Waals surface area contributed by atoms with E-state index in [1.807, 2.05) is 24.3 Å². The van der Waals surface area contributed by atoms with E-state index in [9.17, 15) is 4.79 Å². The molecule has 0 N–H and O–H groups in total. The molecule has 2 fully saturated rings. The first-order chi connectivity index (χ1) is 14.8. The van der Waals surface area contributed by atoms with Gasteiger partial charge in [0.25, 0.3) is 0 Å². The van der Waals surface area contributed by atoms with Gasteiger partial charge >= 0.3 is 0 Å². The maximum Gasteiger partial charge on any atom is 0.196 e. The van der Waals surface area contributed by atoms with E-state index < -0.39 is 0 Å².